The number of rotatable bonds is 6. The van der Waals surface area contributed by atoms with Crippen molar-refractivity contribution in [1.82, 2.24) is 9.78 Å². The number of aromatic nitrogens is 2. The quantitative estimate of drug-likeness (QED) is 0.596. The average Bonchev–Trinajstić information content (AvgIpc) is 3.05. The molecule has 0 atom stereocenters. The third-order valence-electron chi connectivity index (χ3n) is 3.57. The molecule has 0 spiro atoms. The highest BCUT2D eigenvalue weighted by atomic mass is 35.5. The van der Waals surface area contributed by atoms with E-state index in [-0.39, 0.29) is 0 Å². The third-order valence-corrected chi connectivity index (χ3v) is 4.03. The maximum Gasteiger partial charge on any atom is 0.175 e. The summed E-state index contributed by atoms with van der Waals surface area (Å²) in [7, 11) is 0. The number of hydrogen-bond acceptors (Lipinski definition) is 3. The standard InChI is InChI=1S/C19H19ClN4OS/c1-2-25-18-9-7-16(8-10-18)22-19(26)23-17-11-21-24(13-17)12-14-3-5-15(20)6-4-14/h3-11,13H,2,12H2,1H3,(H2,22,23,26). The number of anilines is 2. The lowest BCUT2D eigenvalue weighted by molar-refractivity contribution is 0.340. The molecule has 0 amide bonds. The molecule has 26 heavy (non-hydrogen) atoms. The first-order chi connectivity index (χ1) is 12.6. The number of thiocarbonyl (C=S) groups is 1. The molecule has 7 heteroatoms. The van der Waals surface area contributed by atoms with Gasteiger partial charge in [0.15, 0.2) is 5.11 Å². The molecule has 0 unspecified atom stereocenters. The highest BCUT2D eigenvalue weighted by molar-refractivity contribution is 7.80. The highest BCUT2D eigenvalue weighted by Gasteiger charge is 2.03. The zero-order valence-corrected chi connectivity index (χ0v) is 15.8. The van der Waals surface area contributed by atoms with Crippen LogP contribution in [-0.2, 0) is 6.54 Å². The van der Waals surface area contributed by atoms with Crippen molar-refractivity contribution in [2.45, 2.75) is 13.5 Å². The molecular weight excluding hydrogens is 368 g/mol. The Kier molecular flexibility index (Phi) is 6.09. The minimum Gasteiger partial charge on any atom is -0.494 e. The van der Waals surface area contributed by atoms with Gasteiger partial charge in [0, 0.05) is 16.9 Å². The maximum absolute atomic E-state index is 5.91. The van der Waals surface area contributed by atoms with Crippen molar-refractivity contribution >= 4 is 40.3 Å². The molecule has 0 aliphatic heterocycles. The second-order valence-electron chi connectivity index (χ2n) is 5.59. The summed E-state index contributed by atoms with van der Waals surface area (Å²) < 4.78 is 7.26. The van der Waals surface area contributed by atoms with Crippen molar-refractivity contribution in [3.63, 3.8) is 0 Å². The van der Waals surface area contributed by atoms with Gasteiger partial charge in [-0.3, -0.25) is 4.68 Å². The van der Waals surface area contributed by atoms with Gasteiger partial charge in [-0.1, -0.05) is 23.7 Å². The molecule has 1 aromatic heterocycles. The molecule has 134 valence electrons. The Bertz CT molecular complexity index is 862. The molecule has 2 aromatic carbocycles. The van der Waals surface area contributed by atoms with E-state index in [0.29, 0.717) is 18.3 Å². The van der Waals surface area contributed by atoms with Crippen molar-refractivity contribution in [2.24, 2.45) is 0 Å². The van der Waals surface area contributed by atoms with Crippen LogP contribution in [-0.4, -0.2) is 21.5 Å². The average molecular weight is 387 g/mol. The van der Waals surface area contributed by atoms with Gasteiger partial charge in [-0.15, -0.1) is 0 Å². The molecule has 0 aliphatic carbocycles. The lowest BCUT2D eigenvalue weighted by atomic mass is 10.2. The monoisotopic (exact) mass is 386 g/mol. The van der Waals surface area contributed by atoms with E-state index in [4.69, 9.17) is 28.6 Å². The lowest BCUT2D eigenvalue weighted by Gasteiger charge is -2.10. The van der Waals surface area contributed by atoms with Gasteiger partial charge in [-0.2, -0.15) is 5.10 Å². The van der Waals surface area contributed by atoms with Crippen molar-refractivity contribution < 1.29 is 4.74 Å². The van der Waals surface area contributed by atoms with Crippen LogP contribution in [0, 0.1) is 0 Å². The van der Waals surface area contributed by atoms with Crippen LogP contribution in [0.5, 0.6) is 5.75 Å². The minimum atomic E-state index is 0.500. The fourth-order valence-electron chi connectivity index (χ4n) is 2.39. The van der Waals surface area contributed by atoms with E-state index >= 15 is 0 Å². The Morgan fingerprint density at radius 1 is 1.08 bits per heavy atom. The van der Waals surface area contributed by atoms with Gasteiger partial charge in [0.05, 0.1) is 25.0 Å². The van der Waals surface area contributed by atoms with Gasteiger partial charge in [-0.05, 0) is 61.1 Å². The lowest BCUT2D eigenvalue weighted by Crippen LogP contribution is -2.18. The van der Waals surface area contributed by atoms with E-state index in [0.717, 1.165) is 27.7 Å². The Morgan fingerprint density at radius 3 is 2.46 bits per heavy atom. The summed E-state index contributed by atoms with van der Waals surface area (Å²) in [6.07, 6.45) is 3.64. The van der Waals surface area contributed by atoms with Crippen LogP contribution in [0.2, 0.25) is 5.02 Å². The van der Waals surface area contributed by atoms with Crippen LogP contribution in [0.15, 0.2) is 60.9 Å². The van der Waals surface area contributed by atoms with Gasteiger partial charge >= 0.3 is 0 Å². The first kappa shape index (κ1) is 18.2. The van der Waals surface area contributed by atoms with Crippen LogP contribution in [0.3, 0.4) is 0 Å². The summed E-state index contributed by atoms with van der Waals surface area (Å²) in [6.45, 7) is 3.27. The molecule has 3 aromatic rings. The van der Waals surface area contributed by atoms with Crippen LogP contribution in [0.25, 0.3) is 0 Å². The van der Waals surface area contributed by atoms with Gasteiger partial charge in [0.1, 0.15) is 5.75 Å². The molecule has 0 radical (unpaired) electrons. The molecule has 5 nitrogen and oxygen atoms in total. The van der Waals surface area contributed by atoms with Crippen molar-refractivity contribution in [1.29, 1.82) is 0 Å². The number of benzene rings is 2. The summed E-state index contributed by atoms with van der Waals surface area (Å²) in [6, 6.07) is 15.3. The second-order valence-corrected chi connectivity index (χ2v) is 6.43. The molecular formula is C19H19ClN4OS. The van der Waals surface area contributed by atoms with Gasteiger partial charge < -0.3 is 15.4 Å². The number of ether oxygens (including phenoxy) is 1. The molecule has 0 aliphatic rings. The maximum atomic E-state index is 5.91. The first-order valence-electron chi connectivity index (χ1n) is 8.20. The van der Waals surface area contributed by atoms with E-state index < -0.39 is 0 Å². The topological polar surface area (TPSA) is 51.1 Å². The fraction of sp³-hybridized carbons (Fsp3) is 0.158. The van der Waals surface area contributed by atoms with Gasteiger partial charge in [-0.25, -0.2) is 0 Å². The summed E-state index contributed by atoms with van der Waals surface area (Å²) in [5.41, 5.74) is 2.83. The Morgan fingerprint density at radius 2 is 1.77 bits per heavy atom. The van der Waals surface area contributed by atoms with Crippen molar-refractivity contribution in [3.8, 4) is 5.75 Å². The Hall–Kier alpha value is -2.57. The van der Waals surface area contributed by atoms with Crippen LogP contribution >= 0.6 is 23.8 Å². The van der Waals surface area contributed by atoms with Crippen molar-refractivity contribution in [3.05, 3.63) is 71.5 Å². The number of halogens is 1. The Balaban J connectivity index is 1.54. The van der Waals surface area contributed by atoms with Crippen LogP contribution in [0.4, 0.5) is 11.4 Å². The van der Waals surface area contributed by atoms with E-state index in [2.05, 4.69) is 15.7 Å². The molecule has 0 saturated heterocycles. The predicted molar refractivity (Wildman–Crippen MR) is 110 cm³/mol. The third kappa shape index (κ3) is 5.21. The summed E-state index contributed by atoms with van der Waals surface area (Å²) >= 11 is 11.3. The van der Waals surface area contributed by atoms with Gasteiger partial charge in [0.25, 0.3) is 0 Å². The Labute approximate surface area is 162 Å². The second kappa shape index (κ2) is 8.69. The smallest absolute Gasteiger partial charge is 0.175 e. The number of hydrogen-bond donors (Lipinski definition) is 2. The summed E-state index contributed by atoms with van der Waals surface area (Å²) in [5.74, 6) is 0.834. The fourth-order valence-corrected chi connectivity index (χ4v) is 2.75. The summed E-state index contributed by atoms with van der Waals surface area (Å²) in [5, 5.41) is 11.8. The minimum absolute atomic E-state index is 0.500. The molecule has 2 N–H and O–H groups in total. The molecule has 1 heterocycles. The number of nitrogens with one attached hydrogen (secondary N) is 2. The van der Waals surface area contributed by atoms with Gasteiger partial charge in [0.2, 0.25) is 0 Å². The highest BCUT2D eigenvalue weighted by Crippen LogP contribution is 2.16. The predicted octanol–water partition coefficient (Wildman–Crippen LogP) is 4.79. The SMILES string of the molecule is CCOc1ccc(NC(=S)Nc2cnn(Cc3ccc(Cl)cc3)c2)cc1. The van der Waals surface area contributed by atoms with Crippen molar-refractivity contribution in [2.75, 3.05) is 17.2 Å². The molecule has 0 fully saturated rings. The van der Waals surface area contributed by atoms with E-state index in [1.54, 1.807) is 6.20 Å². The zero-order valence-electron chi connectivity index (χ0n) is 14.3. The van der Waals surface area contributed by atoms with E-state index in [9.17, 15) is 0 Å². The number of nitrogens with zero attached hydrogens (tertiary/aromatic N) is 2. The first-order valence-corrected chi connectivity index (χ1v) is 8.99. The van der Waals surface area contributed by atoms with E-state index in [1.165, 1.54) is 0 Å². The molecule has 0 bridgehead atoms. The normalized spacial score (nSPS) is 10.4. The van der Waals surface area contributed by atoms with E-state index in [1.807, 2.05) is 66.3 Å². The largest absolute Gasteiger partial charge is 0.494 e. The van der Waals surface area contributed by atoms with Crippen LogP contribution in [0.1, 0.15) is 12.5 Å². The van der Waals surface area contributed by atoms with Crippen LogP contribution < -0.4 is 15.4 Å². The zero-order chi connectivity index (χ0) is 18.4. The summed E-state index contributed by atoms with van der Waals surface area (Å²) in [4.78, 5) is 0. The molecule has 3 rings (SSSR count). The molecule has 0 saturated carbocycles.